The van der Waals surface area contributed by atoms with Gasteiger partial charge in [0.2, 0.25) is 5.12 Å². The van der Waals surface area contributed by atoms with Gasteiger partial charge in [-0.25, -0.2) is 4.79 Å². The number of amides is 3. The number of urea groups is 1. The lowest BCUT2D eigenvalue weighted by atomic mass is 10.2. The highest BCUT2D eigenvalue weighted by Gasteiger charge is 2.26. The zero-order valence-electron chi connectivity index (χ0n) is 14.8. The highest BCUT2D eigenvalue weighted by molar-refractivity contribution is 8.26. The first-order chi connectivity index (χ1) is 13.1. The Labute approximate surface area is 162 Å². The zero-order chi connectivity index (χ0) is 19.1. The molecule has 1 fully saturated rings. The molecule has 3 amide bonds. The van der Waals surface area contributed by atoms with Crippen molar-refractivity contribution in [1.29, 1.82) is 0 Å². The monoisotopic (exact) mass is 383 g/mol. The minimum atomic E-state index is -0.270. The van der Waals surface area contributed by atoms with Crippen molar-refractivity contribution < 1.29 is 14.4 Å². The fourth-order valence-electron chi connectivity index (χ4n) is 2.75. The summed E-state index contributed by atoms with van der Waals surface area (Å²) < 4.78 is 0. The predicted molar refractivity (Wildman–Crippen MR) is 106 cm³/mol. The molecule has 3 rings (SSSR count). The van der Waals surface area contributed by atoms with Crippen molar-refractivity contribution in [2.75, 3.05) is 26.2 Å². The van der Waals surface area contributed by atoms with E-state index in [1.807, 2.05) is 36.4 Å². The first kappa shape index (κ1) is 19.0. The number of piperazine rings is 1. The summed E-state index contributed by atoms with van der Waals surface area (Å²) in [7, 11) is 0. The van der Waals surface area contributed by atoms with Gasteiger partial charge in [-0.15, -0.1) is 0 Å². The van der Waals surface area contributed by atoms with Crippen molar-refractivity contribution in [2.45, 2.75) is 6.54 Å². The lowest BCUT2D eigenvalue weighted by Gasteiger charge is -2.34. The summed E-state index contributed by atoms with van der Waals surface area (Å²) in [5.74, 6) is 0. The Kier molecular flexibility index (Phi) is 6.49. The van der Waals surface area contributed by atoms with E-state index in [-0.39, 0.29) is 16.4 Å². The number of nitrogens with zero attached hydrogens (tertiary/aromatic N) is 2. The van der Waals surface area contributed by atoms with E-state index in [0.717, 1.165) is 5.56 Å². The average molecular weight is 383 g/mol. The van der Waals surface area contributed by atoms with Crippen molar-refractivity contribution in [3.05, 3.63) is 71.8 Å². The molecule has 0 spiro atoms. The van der Waals surface area contributed by atoms with Crippen molar-refractivity contribution in [3.8, 4) is 0 Å². The number of nitrogens with one attached hydrogen (secondary N) is 1. The molecular formula is C20H21N3O3S. The molecule has 1 N–H and O–H groups in total. The lowest BCUT2D eigenvalue weighted by molar-refractivity contribution is 0.108. The fourth-order valence-corrected chi connectivity index (χ4v) is 3.48. The van der Waals surface area contributed by atoms with Crippen LogP contribution >= 0.6 is 11.8 Å². The maximum Gasteiger partial charge on any atom is 0.317 e. The van der Waals surface area contributed by atoms with Gasteiger partial charge in [0.1, 0.15) is 0 Å². The number of benzene rings is 2. The van der Waals surface area contributed by atoms with Gasteiger partial charge in [-0.1, -0.05) is 60.7 Å². The molecule has 0 aliphatic carbocycles. The van der Waals surface area contributed by atoms with E-state index in [0.29, 0.717) is 50.0 Å². The first-order valence-electron chi connectivity index (χ1n) is 8.76. The molecule has 2 aromatic carbocycles. The van der Waals surface area contributed by atoms with Crippen LogP contribution in [0.3, 0.4) is 0 Å². The molecule has 27 heavy (non-hydrogen) atoms. The van der Waals surface area contributed by atoms with Gasteiger partial charge < -0.3 is 15.1 Å². The van der Waals surface area contributed by atoms with Crippen molar-refractivity contribution in [1.82, 2.24) is 15.1 Å². The van der Waals surface area contributed by atoms with Gasteiger partial charge in [-0.3, -0.25) is 9.59 Å². The molecule has 140 valence electrons. The number of hydrogen-bond donors (Lipinski definition) is 1. The van der Waals surface area contributed by atoms with Gasteiger partial charge in [0.25, 0.3) is 5.24 Å². The van der Waals surface area contributed by atoms with E-state index >= 15 is 0 Å². The van der Waals surface area contributed by atoms with E-state index in [1.54, 1.807) is 34.1 Å². The molecule has 0 bridgehead atoms. The van der Waals surface area contributed by atoms with Crippen molar-refractivity contribution in [3.63, 3.8) is 0 Å². The topological polar surface area (TPSA) is 69.7 Å². The molecule has 0 saturated carbocycles. The third-order valence-corrected chi connectivity index (χ3v) is 5.16. The van der Waals surface area contributed by atoms with Gasteiger partial charge >= 0.3 is 6.03 Å². The molecule has 6 nitrogen and oxygen atoms in total. The van der Waals surface area contributed by atoms with Crippen LogP contribution in [-0.2, 0) is 6.54 Å². The third-order valence-electron chi connectivity index (χ3n) is 4.30. The summed E-state index contributed by atoms with van der Waals surface area (Å²) in [4.78, 5) is 40.0. The van der Waals surface area contributed by atoms with Crippen LogP contribution in [0.1, 0.15) is 15.9 Å². The fraction of sp³-hybridized carbons (Fsp3) is 0.250. The highest BCUT2D eigenvalue weighted by atomic mass is 32.2. The second kappa shape index (κ2) is 9.23. The Morgan fingerprint density at radius 3 is 2.00 bits per heavy atom. The van der Waals surface area contributed by atoms with Crippen LogP contribution in [0.4, 0.5) is 9.59 Å². The summed E-state index contributed by atoms with van der Waals surface area (Å²) in [6, 6.07) is 18.3. The van der Waals surface area contributed by atoms with Crippen LogP contribution in [0.5, 0.6) is 0 Å². The maximum atomic E-state index is 12.3. The van der Waals surface area contributed by atoms with Crippen molar-refractivity contribution in [2.24, 2.45) is 0 Å². The van der Waals surface area contributed by atoms with Crippen LogP contribution in [0.15, 0.2) is 60.7 Å². The van der Waals surface area contributed by atoms with Gasteiger partial charge in [0.15, 0.2) is 0 Å². The number of rotatable bonds is 3. The molecule has 1 aliphatic heterocycles. The Morgan fingerprint density at radius 1 is 0.815 bits per heavy atom. The Morgan fingerprint density at radius 2 is 1.37 bits per heavy atom. The van der Waals surface area contributed by atoms with E-state index in [2.05, 4.69) is 5.32 Å². The molecule has 0 unspecified atom stereocenters. The SMILES string of the molecule is O=C(SC(=O)N1CCN(C(=O)NCc2ccccc2)CC1)c1ccccc1. The van der Waals surface area contributed by atoms with E-state index in [4.69, 9.17) is 0 Å². The minimum Gasteiger partial charge on any atom is -0.334 e. The Hall–Kier alpha value is -2.80. The van der Waals surface area contributed by atoms with Gasteiger partial charge in [0.05, 0.1) is 0 Å². The molecule has 1 saturated heterocycles. The average Bonchev–Trinajstić information content (AvgIpc) is 2.73. The van der Waals surface area contributed by atoms with Crippen LogP contribution < -0.4 is 5.32 Å². The molecule has 7 heteroatoms. The van der Waals surface area contributed by atoms with Crippen molar-refractivity contribution >= 4 is 28.1 Å². The molecule has 1 aliphatic rings. The molecule has 0 atom stereocenters. The summed E-state index contributed by atoms with van der Waals surface area (Å²) in [6.07, 6.45) is 0. The van der Waals surface area contributed by atoms with E-state index in [1.165, 1.54) is 0 Å². The molecule has 1 heterocycles. The predicted octanol–water partition coefficient (Wildman–Crippen LogP) is 3.21. The minimum absolute atomic E-state index is 0.140. The molecule has 2 aromatic rings. The maximum absolute atomic E-state index is 12.3. The van der Waals surface area contributed by atoms with Crippen LogP contribution in [0, 0.1) is 0 Å². The second-order valence-corrected chi connectivity index (χ2v) is 7.06. The quantitative estimate of drug-likeness (QED) is 0.884. The number of hydrogen-bond acceptors (Lipinski definition) is 4. The molecular weight excluding hydrogens is 362 g/mol. The lowest BCUT2D eigenvalue weighted by Crippen LogP contribution is -2.52. The highest BCUT2D eigenvalue weighted by Crippen LogP contribution is 2.17. The smallest absolute Gasteiger partial charge is 0.317 e. The molecule has 0 aromatic heterocycles. The largest absolute Gasteiger partial charge is 0.334 e. The normalized spacial score (nSPS) is 13.9. The standard InChI is InChI=1S/C20H21N3O3S/c24-18(17-9-5-2-6-10-17)27-20(26)23-13-11-22(12-14-23)19(25)21-15-16-7-3-1-4-8-16/h1-10H,11-15H2,(H,21,25). The first-order valence-corrected chi connectivity index (χ1v) is 9.58. The summed E-state index contributed by atoms with van der Waals surface area (Å²) >= 11 is 0.705. The van der Waals surface area contributed by atoms with Crippen LogP contribution in [-0.4, -0.2) is 52.4 Å². The van der Waals surface area contributed by atoms with E-state index < -0.39 is 0 Å². The zero-order valence-corrected chi connectivity index (χ0v) is 15.7. The number of thioether (sulfide) groups is 1. The summed E-state index contributed by atoms with van der Waals surface area (Å²) in [5.41, 5.74) is 1.55. The number of carbonyl (C=O) groups is 3. The number of carbonyl (C=O) groups excluding carboxylic acids is 3. The Balaban J connectivity index is 1.43. The van der Waals surface area contributed by atoms with Crippen LogP contribution in [0.2, 0.25) is 0 Å². The van der Waals surface area contributed by atoms with Gasteiger partial charge in [-0.05, 0) is 5.56 Å². The summed E-state index contributed by atoms with van der Waals surface area (Å²) in [6.45, 7) is 2.22. The van der Waals surface area contributed by atoms with Crippen LogP contribution in [0.25, 0.3) is 0 Å². The van der Waals surface area contributed by atoms with Gasteiger partial charge in [-0.2, -0.15) is 0 Å². The van der Waals surface area contributed by atoms with Gasteiger partial charge in [0, 0.05) is 50.0 Å². The Bertz CT molecular complexity index is 791. The molecule has 0 radical (unpaired) electrons. The third kappa shape index (κ3) is 5.34. The summed E-state index contributed by atoms with van der Waals surface area (Å²) in [5, 5.41) is 2.36. The van der Waals surface area contributed by atoms with E-state index in [9.17, 15) is 14.4 Å². The second-order valence-electron chi connectivity index (χ2n) is 6.14.